The van der Waals surface area contributed by atoms with E-state index >= 15 is 0 Å². The van der Waals surface area contributed by atoms with Crippen molar-refractivity contribution in [2.75, 3.05) is 6.61 Å². The van der Waals surface area contributed by atoms with E-state index < -0.39 is 92.3 Å². The number of aromatic nitrogens is 4. The second-order valence-electron chi connectivity index (χ2n) is 11.5. The number of rotatable bonds is 11. The minimum absolute atomic E-state index is 0. The summed E-state index contributed by atoms with van der Waals surface area (Å²) in [5, 5.41) is 82.6. The molecule has 2 aliphatic heterocycles. The van der Waals surface area contributed by atoms with E-state index in [9.17, 15) is 40.5 Å². The Hall–Kier alpha value is -1.68. The monoisotopic (exact) mass is 662 g/mol. The molecule has 17 nitrogen and oxygen atoms in total. The summed E-state index contributed by atoms with van der Waals surface area (Å²) < 4.78 is 30.2. The average molecular weight is 663 g/mol. The summed E-state index contributed by atoms with van der Waals surface area (Å²) in [7, 11) is 0. The van der Waals surface area contributed by atoms with Gasteiger partial charge in [-0.05, 0) is 31.9 Å². The van der Waals surface area contributed by atoms with Gasteiger partial charge in [-0.1, -0.05) is 18.1 Å². The van der Waals surface area contributed by atoms with Crippen LogP contribution in [0.5, 0.6) is 0 Å². The van der Waals surface area contributed by atoms with Crippen LogP contribution in [0.4, 0.5) is 0 Å². The molecule has 0 amide bonds. The van der Waals surface area contributed by atoms with Crippen molar-refractivity contribution in [3.8, 4) is 11.3 Å². The molecule has 1 saturated carbocycles. The number of carboxylic acids is 1. The number of aliphatic carboxylic acids is 1. The maximum Gasteiger partial charge on any atom is 1.00 e. The Morgan fingerprint density at radius 2 is 1.70 bits per heavy atom. The number of pyridine rings is 1. The van der Waals surface area contributed by atoms with Crippen LogP contribution in [0.1, 0.15) is 32.6 Å². The molecule has 4 heterocycles. The standard InChI is InChI=1S/C28H40N4O13.Na/c1-13-20(34)22(36)23(37)27(41-13)43-16-6-2-3-7-17(16)44-28-24(38)25(21(35)19(12-33)45-28)42-18(26(39)40)11-32-10-15(30-31-32)14-5-4-8-29-9-14;/h4-5,8-10,13,16-25,27-28,33-38H,2-3,6-7,11-12H2,1H3,(H,39,40);/q;+1/p-1/t13-,16+,17+,18-,19+,20+,21-,22+,23-,24+,25-,27-,28+;/m0./s1. The zero-order valence-electron chi connectivity index (χ0n) is 25.5. The van der Waals surface area contributed by atoms with Gasteiger partial charge >= 0.3 is 29.6 Å². The van der Waals surface area contributed by atoms with Gasteiger partial charge in [0.15, 0.2) is 12.6 Å². The van der Waals surface area contributed by atoms with Crippen molar-refractivity contribution in [1.29, 1.82) is 0 Å². The van der Waals surface area contributed by atoms with E-state index in [1.807, 2.05) is 0 Å². The SMILES string of the molecule is C[C@@H]1O[C@@H](O[C@@H]2CCCC[C@H]2O[C@@H]2O[C@H](CO)[C@H](O)[C@H](O[C@@H](Cn3cc(-c4cccnc4)nn3)C(=O)[O-])[C@H]2O)[C@@H](O)[C@H](O)[C@@H]1O.[Na+]. The fourth-order valence-corrected chi connectivity index (χ4v) is 5.74. The van der Waals surface area contributed by atoms with E-state index in [0.29, 0.717) is 24.1 Å². The summed E-state index contributed by atoms with van der Waals surface area (Å²) in [6.45, 7) is 0.440. The zero-order chi connectivity index (χ0) is 32.2. The van der Waals surface area contributed by atoms with Crippen LogP contribution in [0.2, 0.25) is 0 Å². The molecule has 0 aromatic carbocycles. The van der Waals surface area contributed by atoms with Gasteiger partial charge in [0.1, 0.15) is 54.5 Å². The molecule has 2 aromatic heterocycles. The van der Waals surface area contributed by atoms with E-state index in [0.717, 1.165) is 12.8 Å². The molecule has 6 N–H and O–H groups in total. The summed E-state index contributed by atoms with van der Waals surface area (Å²) in [5.41, 5.74) is 1.07. The summed E-state index contributed by atoms with van der Waals surface area (Å²) in [6.07, 6.45) is -10.3. The van der Waals surface area contributed by atoms with Crippen LogP contribution in [0.25, 0.3) is 11.3 Å². The first-order valence-electron chi connectivity index (χ1n) is 14.9. The number of carbonyl (C=O) groups excluding carboxylic acids is 1. The normalized spacial score (nSPS) is 37.3. The minimum Gasteiger partial charge on any atom is -0.547 e. The van der Waals surface area contributed by atoms with Crippen molar-refractivity contribution in [3.63, 3.8) is 0 Å². The van der Waals surface area contributed by atoms with Crippen molar-refractivity contribution in [3.05, 3.63) is 30.7 Å². The Labute approximate surface area is 286 Å². The summed E-state index contributed by atoms with van der Waals surface area (Å²) in [4.78, 5) is 16.1. The minimum atomic E-state index is -1.72. The molecular weight excluding hydrogens is 623 g/mol. The number of ether oxygens (including phenoxy) is 5. The quantitative estimate of drug-likeness (QED) is 0.122. The van der Waals surface area contributed by atoms with Crippen LogP contribution >= 0.6 is 0 Å². The fourth-order valence-electron chi connectivity index (χ4n) is 5.74. The molecule has 18 heteroatoms. The van der Waals surface area contributed by atoms with E-state index in [4.69, 9.17) is 23.7 Å². The molecular formula is C28H39N4NaO13. The Balaban J connectivity index is 0.00000480. The first kappa shape index (κ1) is 37.1. The molecule has 0 radical (unpaired) electrons. The molecule has 0 bridgehead atoms. The fraction of sp³-hybridized carbons (Fsp3) is 0.714. The Bertz CT molecular complexity index is 1250. The molecule has 5 rings (SSSR count). The largest absolute Gasteiger partial charge is 1.00 e. The molecule has 46 heavy (non-hydrogen) atoms. The first-order valence-corrected chi connectivity index (χ1v) is 14.9. The van der Waals surface area contributed by atoms with Gasteiger partial charge in [-0.3, -0.25) is 4.98 Å². The van der Waals surface area contributed by atoms with Gasteiger partial charge in [0.25, 0.3) is 0 Å². The third-order valence-electron chi connectivity index (χ3n) is 8.32. The van der Waals surface area contributed by atoms with Crippen LogP contribution in [0.15, 0.2) is 30.7 Å². The van der Waals surface area contributed by atoms with Gasteiger partial charge in [0, 0.05) is 18.0 Å². The third-order valence-corrected chi connectivity index (χ3v) is 8.32. The van der Waals surface area contributed by atoms with Gasteiger partial charge in [-0.25, -0.2) is 4.68 Å². The van der Waals surface area contributed by atoms with Crippen LogP contribution in [-0.4, -0.2) is 143 Å². The molecule has 0 spiro atoms. The summed E-state index contributed by atoms with van der Waals surface area (Å²) in [5.74, 6) is -1.65. The van der Waals surface area contributed by atoms with E-state index in [-0.39, 0.29) is 36.1 Å². The maximum atomic E-state index is 12.1. The topological polar surface area (TPSA) is 251 Å². The molecule has 1 aliphatic carbocycles. The zero-order valence-corrected chi connectivity index (χ0v) is 27.5. The van der Waals surface area contributed by atoms with Crippen molar-refractivity contribution in [2.45, 2.75) is 119 Å². The van der Waals surface area contributed by atoms with Gasteiger partial charge in [-0.15, -0.1) is 5.10 Å². The van der Waals surface area contributed by atoms with Crippen molar-refractivity contribution < 1.29 is 93.8 Å². The second kappa shape index (κ2) is 16.6. The van der Waals surface area contributed by atoms with E-state index in [1.54, 1.807) is 24.5 Å². The van der Waals surface area contributed by atoms with Gasteiger partial charge in [0.05, 0.1) is 43.6 Å². The number of aliphatic hydroxyl groups is 6. The third kappa shape index (κ3) is 8.48. The molecule has 2 aromatic rings. The second-order valence-corrected chi connectivity index (χ2v) is 11.5. The molecule has 3 fully saturated rings. The molecule has 2 saturated heterocycles. The number of carboxylic acid groups (broad SMARTS) is 1. The molecule has 0 unspecified atom stereocenters. The van der Waals surface area contributed by atoms with Crippen molar-refractivity contribution >= 4 is 5.97 Å². The number of hydrogen-bond acceptors (Lipinski definition) is 16. The number of hydrogen-bond donors (Lipinski definition) is 6. The van der Waals surface area contributed by atoms with Crippen molar-refractivity contribution in [1.82, 2.24) is 20.0 Å². The first-order chi connectivity index (χ1) is 21.6. The number of carbonyl (C=O) groups is 1. The smallest absolute Gasteiger partial charge is 0.547 e. The summed E-state index contributed by atoms with van der Waals surface area (Å²) >= 11 is 0. The van der Waals surface area contributed by atoms with Gasteiger partial charge < -0.3 is 64.2 Å². The summed E-state index contributed by atoms with van der Waals surface area (Å²) in [6, 6.07) is 3.45. The van der Waals surface area contributed by atoms with Crippen LogP contribution in [0.3, 0.4) is 0 Å². The molecule has 250 valence electrons. The Morgan fingerprint density at radius 3 is 2.30 bits per heavy atom. The van der Waals surface area contributed by atoms with Gasteiger partial charge in [-0.2, -0.15) is 0 Å². The predicted octanol–water partition coefficient (Wildman–Crippen LogP) is -6.54. The van der Waals surface area contributed by atoms with Crippen LogP contribution in [0, 0.1) is 0 Å². The Kier molecular flexibility index (Phi) is 13.4. The molecule has 3 aliphatic rings. The predicted molar refractivity (Wildman–Crippen MR) is 145 cm³/mol. The average Bonchev–Trinajstić information content (AvgIpc) is 3.51. The van der Waals surface area contributed by atoms with E-state index in [2.05, 4.69) is 15.3 Å². The van der Waals surface area contributed by atoms with Gasteiger partial charge in [0.2, 0.25) is 0 Å². The van der Waals surface area contributed by atoms with Crippen LogP contribution in [-0.2, 0) is 35.0 Å². The van der Waals surface area contributed by atoms with Crippen LogP contribution < -0.4 is 34.7 Å². The maximum absolute atomic E-state index is 12.1. The number of aliphatic hydroxyl groups excluding tert-OH is 6. The molecule has 13 atom stereocenters. The Morgan fingerprint density at radius 1 is 1.02 bits per heavy atom. The van der Waals surface area contributed by atoms with E-state index in [1.165, 1.54) is 17.8 Å². The van der Waals surface area contributed by atoms with Crippen molar-refractivity contribution in [2.24, 2.45) is 0 Å². The number of nitrogens with zero attached hydrogens (tertiary/aromatic N) is 4.